The number of hydrogen-bond donors (Lipinski definition) is 2. The SMILES string of the molecule is CC1=C(C(=O)N(C)Cc2cc(-c3ccccn3)no2)[C@H](C)NC(=O)N1. The second-order valence-electron chi connectivity index (χ2n) is 5.91. The summed E-state index contributed by atoms with van der Waals surface area (Å²) in [5.74, 6) is 0.364. The van der Waals surface area contributed by atoms with E-state index in [0.29, 0.717) is 28.4 Å². The second-order valence-corrected chi connectivity index (χ2v) is 5.91. The topological polar surface area (TPSA) is 100 Å². The molecule has 0 saturated heterocycles. The molecular weight excluding hydrogens is 322 g/mol. The average molecular weight is 341 g/mol. The van der Waals surface area contributed by atoms with Gasteiger partial charge in [0.25, 0.3) is 5.91 Å². The molecule has 1 aliphatic rings. The average Bonchev–Trinajstić information content (AvgIpc) is 3.03. The third kappa shape index (κ3) is 3.52. The number of aromatic nitrogens is 2. The van der Waals surface area contributed by atoms with Crippen LogP contribution >= 0.6 is 0 Å². The highest BCUT2D eigenvalue weighted by atomic mass is 16.5. The van der Waals surface area contributed by atoms with E-state index in [2.05, 4.69) is 20.8 Å². The molecule has 0 aromatic carbocycles. The maximum Gasteiger partial charge on any atom is 0.319 e. The smallest absolute Gasteiger partial charge is 0.319 e. The number of carbonyl (C=O) groups is 2. The molecule has 0 bridgehead atoms. The number of nitrogens with one attached hydrogen (secondary N) is 2. The monoisotopic (exact) mass is 341 g/mol. The van der Waals surface area contributed by atoms with Crippen molar-refractivity contribution >= 4 is 11.9 Å². The Labute approximate surface area is 144 Å². The molecule has 3 heterocycles. The Balaban J connectivity index is 1.73. The van der Waals surface area contributed by atoms with Gasteiger partial charge in [-0.15, -0.1) is 0 Å². The van der Waals surface area contributed by atoms with Crippen LogP contribution < -0.4 is 10.6 Å². The zero-order valence-electron chi connectivity index (χ0n) is 14.2. The van der Waals surface area contributed by atoms with Crippen LogP contribution in [0.25, 0.3) is 11.4 Å². The lowest BCUT2D eigenvalue weighted by Gasteiger charge is -2.28. The van der Waals surface area contributed by atoms with Crippen molar-refractivity contribution in [2.24, 2.45) is 0 Å². The predicted octanol–water partition coefficient (Wildman–Crippen LogP) is 1.67. The molecule has 2 aromatic rings. The summed E-state index contributed by atoms with van der Waals surface area (Å²) in [4.78, 5) is 29.9. The summed E-state index contributed by atoms with van der Waals surface area (Å²) in [6.07, 6.45) is 1.68. The Morgan fingerprint density at radius 1 is 1.36 bits per heavy atom. The first-order chi connectivity index (χ1) is 12.0. The van der Waals surface area contributed by atoms with Gasteiger partial charge in [0, 0.05) is 25.0 Å². The van der Waals surface area contributed by atoms with Crippen LogP contribution in [0.2, 0.25) is 0 Å². The molecule has 1 aliphatic heterocycles. The van der Waals surface area contributed by atoms with E-state index in [0.717, 1.165) is 0 Å². The molecule has 0 unspecified atom stereocenters. The quantitative estimate of drug-likeness (QED) is 0.881. The molecule has 0 aliphatic carbocycles. The summed E-state index contributed by atoms with van der Waals surface area (Å²) < 4.78 is 5.31. The first-order valence-corrected chi connectivity index (χ1v) is 7.86. The van der Waals surface area contributed by atoms with Crippen LogP contribution in [-0.2, 0) is 11.3 Å². The molecule has 0 radical (unpaired) electrons. The van der Waals surface area contributed by atoms with Crippen molar-refractivity contribution in [3.05, 3.63) is 47.5 Å². The normalized spacial score (nSPS) is 17.1. The van der Waals surface area contributed by atoms with Crippen molar-refractivity contribution in [3.8, 4) is 11.4 Å². The molecular formula is C17H19N5O3. The van der Waals surface area contributed by atoms with Crippen molar-refractivity contribution in [2.75, 3.05) is 7.05 Å². The van der Waals surface area contributed by atoms with Gasteiger partial charge < -0.3 is 20.1 Å². The van der Waals surface area contributed by atoms with E-state index in [1.54, 1.807) is 33.2 Å². The molecule has 2 N–H and O–H groups in total. The van der Waals surface area contributed by atoms with Crippen LogP contribution in [0, 0.1) is 0 Å². The zero-order valence-corrected chi connectivity index (χ0v) is 14.2. The molecule has 0 fully saturated rings. The van der Waals surface area contributed by atoms with E-state index in [4.69, 9.17) is 4.52 Å². The van der Waals surface area contributed by atoms with Crippen LogP contribution in [0.1, 0.15) is 19.6 Å². The highest BCUT2D eigenvalue weighted by Gasteiger charge is 2.29. The molecule has 8 heteroatoms. The van der Waals surface area contributed by atoms with Gasteiger partial charge in [0.2, 0.25) is 0 Å². The number of carbonyl (C=O) groups excluding carboxylic acids is 2. The van der Waals surface area contributed by atoms with Crippen molar-refractivity contribution < 1.29 is 14.1 Å². The summed E-state index contributed by atoms with van der Waals surface area (Å²) in [6, 6.07) is 6.63. The van der Waals surface area contributed by atoms with Crippen molar-refractivity contribution in [1.29, 1.82) is 0 Å². The fraction of sp³-hybridized carbons (Fsp3) is 0.294. The number of allylic oxidation sites excluding steroid dienone is 1. The summed E-state index contributed by atoms with van der Waals surface area (Å²) in [5, 5.41) is 9.30. The van der Waals surface area contributed by atoms with E-state index in [1.807, 2.05) is 18.2 Å². The summed E-state index contributed by atoms with van der Waals surface area (Å²) in [5.41, 5.74) is 2.40. The lowest BCUT2D eigenvalue weighted by Crippen LogP contribution is -2.50. The summed E-state index contributed by atoms with van der Waals surface area (Å²) in [6.45, 7) is 3.75. The van der Waals surface area contributed by atoms with Gasteiger partial charge in [-0.2, -0.15) is 0 Å². The molecule has 0 spiro atoms. The molecule has 3 amide bonds. The van der Waals surface area contributed by atoms with Gasteiger partial charge in [0.1, 0.15) is 5.69 Å². The lowest BCUT2D eigenvalue weighted by atomic mass is 10.0. The number of amides is 3. The third-order valence-corrected chi connectivity index (χ3v) is 3.94. The van der Waals surface area contributed by atoms with Gasteiger partial charge in [0.05, 0.1) is 23.9 Å². The summed E-state index contributed by atoms with van der Waals surface area (Å²) >= 11 is 0. The van der Waals surface area contributed by atoms with E-state index in [9.17, 15) is 9.59 Å². The number of pyridine rings is 1. The number of nitrogens with zero attached hydrogens (tertiary/aromatic N) is 3. The van der Waals surface area contributed by atoms with Crippen molar-refractivity contribution in [1.82, 2.24) is 25.7 Å². The highest BCUT2D eigenvalue weighted by molar-refractivity contribution is 5.98. The van der Waals surface area contributed by atoms with Crippen molar-refractivity contribution in [3.63, 3.8) is 0 Å². The number of hydrogen-bond acceptors (Lipinski definition) is 5. The number of rotatable bonds is 4. The first-order valence-electron chi connectivity index (χ1n) is 7.86. The van der Waals surface area contributed by atoms with E-state index in [-0.39, 0.29) is 24.5 Å². The number of likely N-dealkylation sites (N-methyl/N-ethyl adjacent to an activating group) is 1. The van der Waals surface area contributed by atoms with Gasteiger partial charge in [-0.05, 0) is 26.0 Å². The third-order valence-electron chi connectivity index (χ3n) is 3.94. The van der Waals surface area contributed by atoms with Crippen molar-refractivity contribution in [2.45, 2.75) is 26.4 Å². The largest absolute Gasteiger partial charge is 0.359 e. The van der Waals surface area contributed by atoms with E-state index in [1.165, 1.54) is 4.90 Å². The van der Waals surface area contributed by atoms with Gasteiger partial charge in [-0.3, -0.25) is 9.78 Å². The standard InChI is InChI=1S/C17H19N5O3/c1-10-15(11(2)20-17(24)19-10)16(23)22(3)9-12-8-14(21-25-12)13-6-4-5-7-18-13/h4-8,10H,9H2,1-3H3,(H2,19,20,24)/t10-/m0/s1. The molecule has 3 rings (SSSR count). The van der Waals surface area contributed by atoms with Gasteiger partial charge >= 0.3 is 6.03 Å². The maximum absolute atomic E-state index is 12.7. The summed E-state index contributed by atoms with van der Waals surface area (Å²) in [7, 11) is 1.68. The second kappa shape index (κ2) is 6.76. The molecule has 2 aromatic heterocycles. The molecule has 1 atom stereocenters. The minimum absolute atomic E-state index is 0.187. The predicted molar refractivity (Wildman–Crippen MR) is 90.0 cm³/mol. The van der Waals surface area contributed by atoms with Crippen LogP contribution in [-0.4, -0.2) is 40.1 Å². The maximum atomic E-state index is 12.7. The Kier molecular flexibility index (Phi) is 4.51. The molecule has 130 valence electrons. The first kappa shape index (κ1) is 16.7. The minimum Gasteiger partial charge on any atom is -0.359 e. The van der Waals surface area contributed by atoms with Crippen LogP contribution in [0.4, 0.5) is 4.79 Å². The fourth-order valence-electron chi connectivity index (χ4n) is 2.75. The molecule has 0 saturated carbocycles. The Morgan fingerprint density at radius 3 is 2.84 bits per heavy atom. The molecule has 25 heavy (non-hydrogen) atoms. The van der Waals surface area contributed by atoms with E-state index < -0.39 is 0 Å². The Morgan fingerprint density at radius 2 is 2.16 bits per heavy atom. The van der Waals surface area contributed by atoms with Gasteiger partial charge in [0.15, 0.2) is 5.76 Å². The van der Waals surface area contributed by atoms with Gasteiger partial charge in [-0.25, -0.2) is 4.79 Å². The highest BCUT2D eigenvalue weighted by Crippen LogP contribution is 2.19. The van der Waals surface area contributed by atoms with Crippen LogP contribution in [0.15, 0.2) is 46.3 Å². The lowest BCUT2D eigenvalue weighted by molar-refractivity contribution is -0.127. The minimum atomic E-state index is -0.359. The number of urea groups is 1. The van der Waals surface area contributed by atoms with Gasteiger partial charge in [-0.1, -0.05) is 11.2 Å². The van der Waals surface area contributed by atoms with Crippen LogP contribution in [0.5, 0.6) is 0 Å². The van der Waals surface area contributed by atoms with E-state index >= 15 is 0 Å². The Hall–Kier alpha value is -3.16. The zero-order chi connectivity index (χ0) is 18.0. The Bertz CT molecular complexity index is 828. The van der Waals surface area contributed by atoms with Crippen LogP contribution in [0.3, 0.4) is 0 Å². The fourth-order valence-corrected chi connectivity index (χ4v) is 2.75. The molecule has 8 nitrogen and oxygen atoms in total.